The molecular weight excluding hydrogens is 520 g/mol. The van der Waals surface area contributed by atoms with Gasteiger partial charge < -0.3 is 35.2 Å². The number of anilines is 1. The summed E-state index contributed by atoms with van der Waals surface area (Å²) in [5, 5.41) is 28.8. The van der Waals surface area contributed by atoms with Crippen molar-refractivity contribution in [2.24, 2.45) is 0 Å². The Balaban J connectivity index is 2.27. The Morgan fingerprint density at radius 1 is 1.38 bits per heavy atom. The summed E-state index contributed by atoms with van der Waals surface area (Å²) >= 11 is 1.87. The average Bonchev–Trinajstić information content (AvgIpc) is 2.85. The molecule has 29 heavy (non-hydrogen) atoms. The summed E-state index contributed by atoms with van der Waals surface area (Å²) in [5.41, 5.74) is 3.59. The number of aliphatic hydroxyl groups excluding tert-OH is 2. The van der Waals surface area contributed by atoms with Crippen molar-refractivity contribution in [1.29, 1.82) is 0 Å². The van der Waals surface area contributed by atoms with Crippen LogP contribution in [0, 0.1) is 3.57 Å². The minimum atomic E-state index is -4.42. The number of rotatable bonds is 7. The van der Waals surface area contributed by atoms with E-state index < -0.39 is 48.8 Å². The lowest BCUT2D eigenvalue weighted by molar-refractivity contribution is -0.0709. The summed E-state index contributed by atoms with van der Waals surface area (Å²) in [4.78, 5) is 25.9. The first kappa shape index (κ1) is 24.7. The van der Waals surface area contributed by atoms with Gasteiger partial charge in [-0.05, 0) is 49.8 Å². The second kappa shape index (κ2) is 8.50. The first-order valence-corrected chi connectivity index (χ1v) is 11.6. The first-order chi connectivity index (χ1) is 13.1. The largest absolute Gasteiger partial charge is 0.388 e. The SMILES string of the molecule is CCC(C)(C[C@H]1O[C@@H](n2cc(I)c(N)nc2=O)[C@H](O)[C@@H]1O)OP(=O)(O)C(C)(C)O. The van der Waals surface area contributed by atoms with E-state index in [1.807, 2.05) is 22.6 Å². The zero-order valence-electron chi connectivity index (χ0n) is 16.5. The second-order valence-corrected chi connectivity index (χ2v) is 11.3. The van der Waals surface area contributed by atoms with Gasteiger partial charge in [0.15, 0.2) is 11.6 Å². The molecule has 0 bridgehead atoms. The van der Waals surface area contributed by atoms with Crippen LogP contribution in [0.2, 0.25) is 0 Å². The maximum atomic E-state index is 12.4. The zero-order chi connectivity index (χ0) is 22.4. The minimum Gasteiger partial charge on any atom is -0.388 e. The molecule has 0 saturated carbocycles. The third-order valence-electron chi connectivity index (χ3n) is 4.96. The van der Waals surface area contributed by atoms with Gasteiger partial charge in [-0.15, -0.1) is 0 Å². The van der Waals surface area contributed by atoms with Gasteiger partial charge in [0.2, 0.25) is 0 Å². The Kier molecular flexibility index (Phi) is 7.23. The lowest BCUT2D eigenvalue weighted by Gasteiger charge is -2.36. The number of nitrogens with zero attached hydrogens (tertiary/aromatic N) is 2. The van der Waals surface area contributed by atoms with Crippen molar-refractivity contribution >= 4 is 36.0 Å². The van der Waals surface area contributed by atoms with Crippen LogP contribution in [-0.2, 0) is 13.8 Å². The fraction of sp³-hybridized carbons (Fsp3) is 0.750. The minimum absolute atomic E-state index is 0.0358. The van der Waals surface area contributed by atoms with E-state index >= 15 is 0 Å². The average molecular weight is 547 g/mol. The van der Waals surface area contributed by atoms with Crippen molar-refractivity contribution in [3.05, 3.63) is 20.3 Å². The molecule has 1 aromatic heterocycles. The molecule has 1 saturated heterocycles. The lowest BCUT2D eigenvalue weighted by atomic mass is 9.93. The summed E-state index contributed by atoms with van der Waals surface area (Å²) in [6, 6.07) is 0. The van der Waals surface area contributed by atoms with Gasteiger partial charge >= 0.3 is 13.3 Å². The van der Waals surface area contributed by atoms with E-state index in [9.17, 15) is 29.6 Å². The van der Waals surface area contributed by atoms with E-state index in [1.54, 1.807) is 6.92 Å². The van der Waals surface area contributed by atoms with Gasteiger partial charge in [0.05, 0.1) is 15.3 Å². The summed E-state index contributed by atoms with van der Waals surface area (Å²) in [5.74, 6) is 0.0358. The molecule has 6 atom stereocenters. The van der Waals surface area contributed by atoms with Gasteiger partial charge in [-0.2, -0.15) is 4.98 Å². The fourth-order valence-electron chi connectivity index (χ4n) is 2.85. The summed E-state index contributed by atoms with van der Waals surface area (Å²) in [7, 11) is -4.42. The van der Waals surface area contributed by atoms with Crippen LogP contribution < -0.4 is 11.4 Å². The van der Waals surface area contributed by atoms with Crippen LogP contribution in [0.15, 0.2) is 11.0 Å². The molecule has 11 nitrogen and oxygen atoms in total. The predicted molar refractivity (Wildman–Crippen MR) is 112 cm³/mol. The van der Waals surface area contributed by atoms with Crippen molar-refractivity contribution in [2.75, 3.05) is 5.73 Å². The lowest BCUT2D eigenvalue weighted by Crippen LogP contribution is -2.40. The number of aromatic nitrogens is 2. The summed E-state index contributed by atoms with van der Waals surface area (Å²) in [6.07, 6.45) is -3.54. The third-order valence-corrected chi connectivity index (χ3v) is 7.86. The quantitative estimate of drug-likeness (QED) is 0.239. The number of nitrogens with two attached hydrogens (primary N) is 1. The highest BCUT2D eigenvalue weighted by Gasteiger charge is 2.50. The molecule has 166 valence electrons. The number of hydrogen-bond donors (Lipinski definition) is 5. The van der Waals surface area contributed by atoms with Crippen molar-refractivity contribution in [2.45, 2.75) is 76.0 Å². The molecule has 0 aliphatic carbocycles. The molecule has 1 aliphatic heterocycles. The molecule has 1 fully saturated rings. The Hall–Kier alpha value is -0.600. The molecule has 0 spiro atoms. The van der Waals surface area contributed by atoms with Crippen LogP contribution in [0.1, 0.15) is 46.8 Å². The number of nitrogen functional groups attached to an aromatic ring is 1. The smallest absolute Gasteiger partial charge is 0.359 e. The molecule has 13 heteroatoms. The van der Waals surface area contributed by atoms with Crippen LogP contribution >= 0.6 is 30.2 Å². The van der Waals surface area contributed by atoms with E-state index in [-0.39, 0.29) is 18.7 Å². The monoisotopic (exact) mass is 547 g/mol. The highest BCUT2D eigenvalue weighted by Crippen LogP contribution is 2.57. The van der Waals surface area contributed by atoms with Crippen LogP contribution in [0.3, 0.4) is 0 Å². The normalized spacial score (nSPS) is 29.4. The molecule has 1 aromatic rings. The van der Waals surface area contributed by atoms with Crippen molar-refractivity contribution in [3.63, 3.8) is 0 Å². The van der Waals surface area contributed by atoms with Gasteiger partial charge in [0.1, 0.15) is 18.0 Å². The second-order valence-electron chi connectivity index (χ2n) is 7.82. The Morgan fingerprint density at radius 3 is 2.48 bits per heavy atom. The molecule has 0 amide bonds. The number of aliphatic hydroxyl groups is 3. The van der Waals surface area contributed by atoms with Gasteiger partial charge in [0, 0.05) is 12.6 Å². The molecule has 1 aliphatic rings. The summed E-state index contributed by atoms with van der Waals surface area (Å²) < 4.78 is 25.0. The van der Waals surface area contributed by atoms with Crippen LogP contribution in [0.4, 0.5) is 5.82 Å². The maximum Gasteiger partial charge on any atom is 0.359 e. The van der Waals surface area contributed by atoms with Gasteiger partial charge in [-0.3, -0.25) is 9.13 Å². The van der Waals surface area contributed by atoms with Gasteiger partial charge in [-0.1, -0.05) is 6.92 Å². The maximum absolute atomic E-state index is 12.4. The molecule has 6 N–H and O–H groups in total. The van der Waals surface area contributed by atoms with Crippen LogP contribution in [-0.4, -0.2) is 59.0 Å². The number of ether oxygens (including phenoxy) is 1. The molecule has 2 rings (SSSR count). The Morgan fingerprint density at radius 2 is 1.97 bits per heavy atom. The fourth-order valence-corrected chi connectivity index (χ4v) is 4.29. The standard InChI is InChI=1S/C16H27IN3O8P/c1-5-16(4,28-29(25,26)15(2,3)24)6-9-10(21)11(22)13(27-9)20-7-8(17)12(18)19-14(20)23/h7,9-11,13,21-22,24H,5-6H2,1-4H3,(H,25,26)(H2,18,19,23)/t9-,10-,11-,13-,16?/m1/s1. The Bertz CT molecular complexity index is 860. The van der Waals surface area contributed by atoms with Crippen LogP contribution in [0.25, 0.3) is 0 Å². The zero-order valence-corrected chi connectivity index (χ0v) is 19.6. The summed E-state index contributed by atoms with van der Waals surface area (Å²) in [6.45, 7) is 5.56. The first-order valence-electron chi connectivity index (χ1n) is 8.93. The Labute approximate surface area is 181 Å². The molecule has 2 heterocycles. The van der Waals surface area contributed by atoms with E-state index in [0.717, 1.165) is 18.4 Å². The highest BCUT2D eigenvalue weighted by molar-refractivity contribution is 14.1. The highest BCUT2D eigenvalue weighted by atomic mass is 127. The predicted octanol–water partition coefficient (Wildman–Crippen LogP) is 0.539. The number of halogens is 1. The van der Waals surface area contributed by atoms with E-state index in [2.05, 4.69) is 4.98 Å². The molecule has 0 radical (unpaired) electrons. The van der Waals surface area contributed by atoms with Gasteiger partial charge in [-0.25, -0.2) is 4.79 Å². The molecule has 0 aromatic carbocycles. The van der Waals surface area contributed by atoms with E-state index in [4.69, 9.17) is 15.0 Å². The number of hydrogen-bond acceptors (Lipinski definition) is 9. The van der Waals surface area contributed by atoms with Crippen LogP contribution in [0.5, 0.6) is 0 Å². The third kappa shape index (κ3) is 5.18. The van der Waals surface area contributed by atoms with Gasteiger partial charge in [0.25, 0.3) is 0 Å². The van der Waals surface area contributed by atoms with E-state index in [1.165, 1.54) is 13.1 Å². The molecular formula is C16H27IN3O8P. The molecule has 2 unspecified atom stereocenters. The van der Waals surface area contributed by atoms with Crippen molar-refractivity contribution < 1.29 is 34.0 Å². The van der Waals surface area contributed by atoms with E-state index in [0.29, 0.717) is 3.57 Å². The topological polar surface area (TPSA) is 177 Å². The van der Waals surface area contributed by atoms with Crippen molar-refractivity contribution in [1.82, 2.24) is 9.55 Å². The van der Waals surface area contributed by atoms with Crippen molar-refractivity contribution in [3.8, 4) is 0 Å².